The second-order valence-corrected chi connectivity index (χ2v) is 8.05. The van der Waals surface area contributed by atoms with Gasteiger partial charge in [-0.25, -0.2) is 4.79 Å². The summed E-state index contributed by atoms with van der Waals surface area (Å²) in [6.07, 6.45) is -4.72. The molecule has 36 heavy (non-hydrogen) atoms. The van der Waals surface area contributed by atoms with Gasteiger partial charge in [0.1, 0.15) is 24.4 Å². The van der Waals surface area contributed by atoms with Crippen LogP contribution in [0.3, 0.4) is 0 Å². The van der Waals surface area contributed by atoms with Crippen LogP contribution in [0.25, 0.3) is 0 Å². The van der Waals surface area contributed by atoms with Crippen LogP contribution in [-0.4, -0.2) is 26.0 Å². The highest BCUT2D eigenvalue weighted by Gasteiger charge is 2.34. The largest absolute Gasteiger partial charge is 0.495 e. The number of anilines is 2. The third-order valence-corrected chi connectivity index (χ3v) is 5.39. The maximum absolute atomic E-state index is 13.2. The summed E-state index contributed by atoms with van der Waals surface area (Å²) in [5.74, 6) is 0.886. The molecule has 0 aromatic heterocycles. The molecule has 0 saturated carbocycles. The van der Waals surface area contributed by atoms with Gasteiger partial charge in [0.15, 0.2) is 0 Å². The number of urea groups is 1. The van der Waals surface area contributed by atoms with Crippen molar-refractivity contribution in [1.82, 2.24) is 0 Å². The lowest BCUT2D eigenvalue weighted by atomic mass is 10.1. The summed E-state index contributed by atoms with van der Waals surface area (Å²) in [5, 5.41) is 8.23. The summed E-state index contributed by atoms with van der Waals surface area (Å²) in [5.41, 5.74) is 0.414. The van der Waals surface area contributed by atoms with Crippen molar-refractivity contribution in [2.45, 2.75) is 13.1 Å². The first-order valence-electron chi connectivity index (χ1n) is 10.2. The fourth-order valence-corrected chi connectivity index (χ4v) is 3.54. The zero-order valence-corrected chi connectivity index (χ0v) is 20.7. The Morgan fingerprint density at radius 3 is 2.11 bits per heavy atom. The third-order valence-electron chi connectivity index (χ3n) is 4.77. The van der Waals surface area contributed by atoms with Gasteiger partial charge in [-0.15, -0.1) is 0 Å². The smallest absolute Gasteiger partial charge is 0.417 e. The molecule has 0 aliphatic rings. The second kappa shape index (κ2) is 11.4. The van der Waals surface area contributed by atoms with Crippen LogP contribution in [0, 0.1) is 0 Å². The van der Waals surface area contributed by atoms with Crippen LogP contribution in [0.5, 0.6) is 17.2 Å². The van der Waals surface area contributed by atoms with E-state index in [0.29, 0.717) is 23.3 Å². The van der Waals surface area contributed by atoms with Crippen molar-refractivity contribution in [2.75, 3.05) is 24.9 Å². The van der Waals surface area contributed by atoms with Gasteiger partial charge in [0, 0.05) is 12.1 Å². The van der Waals surface area contributed by atoms with Crippen LogP contribution in [0.1, 0.15) is 18.1 Å². The monoisotopic (exact) mass is 541 g/mol. The van der Waals surface area contributed by atoms with Crippen molar-refractivity contribution in [3.05, 3.63) is 75.8 Å². The topological polar surface area (TPSA) is 81.2 Å². The molecule has 7 nitrogen and oxygen atoms in total. The molecule has 3 rings (SSSR count). The summed E-state index contributed by atoms with van der Waals surface area (Å²) in [6, 6.07) is 12.5. The number of methoxy groups -OCH3 is 1. The predicted octanol–water partition coefficient (Wildman–Crippen LogP) is 7.83. The molecule has 3 aromatic rings. The molecule has 0 heterocycles. The lowest BCUT2D eigenvalue weighted by Crippen LogP contribution is -2.20. The van der Waals surface area contributed by atoms with Gasteiger partial charge in [0.2, 0.25) is 0 Å². The van der Waals surface area contributed by atoms with Gasteiger partial charge in [-0.2, -0.15) is 13.2 Å². The molecule has 0 atom stereocenters. The van der Waals surface area contributed by atoms with Gasteiger partial charge in [0.05, 0.1) is 39.8 Å². The van der Waals surface area contributed by atoms with Gasteiger partial charge in [-0.3, -0.25) is 0 Å². The maximum Gasteiger partial charge on any atom is 0.417 e. The van der Waals surface area contributed by atoms with Crippen molar-refractivity contribution in [1.29, 1.82) is 0 Å². The van der Waals surface area contributed by atoms with E-state index in [2.05, 4.69) is 15.8 Å². The standard InChI is InChI=1S/C24H20Cl2F3N3O4/c1-13(32-35-3)14-4-6-15(7-5-14)36-16-8-9-20(19(26)10-16)30-23(33)31-21-11-17(24(27,28)29)18(25)12-22(21)34-2/h4-12H,1-3H3,(H2,30,31,33)/b32-13+. The Morgan fingerprint density at radius 2 is 1.53 bits per heavy atom. The highest BCUT2D eigenvalue weighted by Crippen LogP contribution is 2.40. The molecular formula is C24H20Cl2F3N3O4. The van der Waals surface area contributed by atoms with E-state index in [1.54, 1.807) is 25.1 Å². The van der Waals surface area contributed by atoms with Crippen molar-refractivity contribution in [3.8, 4) is 17.2 Å². The number of benzene rings is 3. The summed E-state index contributed by atoms with van der Waals surface area (Å²) < 4.78 is 50.4. The first kappa shape index (κ1) is 27.0. The van der Waals surface area contributed by atoms with Gasteiger partial charge in [0.25, 0.3) is 0 Å². The van der Waals surface area contributed by atoms with Crippen molar-refractivity contribution < 1.29 is 32.3 Å². The highest BCUT2D eigenvalue weighted by molar-refractivity contribution is 6.34. The molecule has 190 valence electrons. The van der Waals surface area contributed by atoms with Crippen molar-refractivity contribution in [2.24, 2.45) is 5.16 Å². The Labute approximate surface area is 214 Å². The summed E-state index contributed by atoms with van der Waals surface area (Å²) in [4.78, 5) is 17.2. The minimum atomic E-state index is -4.72. The number of rotatable bonds is 7. The number of hydrogen-bond acceptors (Lipinski definition) is 5. The molecular weight excluding hydrogens is 522 g/mol. The average molecular weight is 542 g/mol. The minimum Gasteiger partial charge on any atom is -0.495 e. The molecule has 0 unspecified atom stereocenters. The van der Waals surface area contributed by atoms with E-state index in [1.165, 1.54) is 26.4 Å². The molecule has 3 aromatic carbocycles. The third kappa shape index (κ3) is 6.73. The lowest BCUT2D eigenvalue weighted by molar-refractivity contribution is -0.137. The number of carbonyl (C=O) groups excluding carboxylic acids is 1. The fraction of sp³-hybridized carbons (Fsp3) is 0.167. The van der Waals surface area contributed by atoms with E-state index in [-0.39, 0.29) is 22.1 Å². The first-order chi connectivity index (χ1) is 17.0. The highest BCUT2D eigenvalue weighted by atomic mass is 35.5. The van der Waals surface area contributed by atoms with Crippen LogP contribution in [0.4, 0.5) is 29.3 Å². The molecule has 0 aliphatic heterocycles. The Kier molecular flexibility index (Phi) is 8.54. The molecule has 2 amide bonds. The normalized spacial score (nSPS) is 11.6. The van der Waals surface area contributed by atoms with E-state index in [4.69, 9.17) is 37.5 Å². The number of carbonyl (C=O) groups is 1. The summed E-state index contributed by atoms with van der Waals surface area (Å²) >= 11 is 12.0. The van der Waals surface area contributed by atoms with Crippen molar-refractivity contribution in [3.63, 3.8) is 0 Å². The van der Waals surface area contributed by atoms with Crippen LogP contribution < -0.4 is 20.1 Å². The fourth-order valence-electron chi connectivity index (χ4n) is 3.07. The van der Waals surface area contributed by atoms with E-state index in [9.17, 15) is 18.0 Å². The molecule has 0 aliphatic carbocycles. The minimum absolute atomic E-state index is 0.0484. The van der Waals surface area contributed by atoms with Crippen LogP contribution >= 0.6 is 23.2 Å². The first-order valence-corrected chi connectivity index (χ1v) is 11.0. The molecule has 0 spiro atoms. The van der Waals surface area contributed by atoms with Gasteiger partial charge in [-0.1, -0.05) is 28.4 Å². The number of hydrogen-bond donors (Lipinski definition) is 2. The second-order valence-electron chi connectivity index (χ2n) is 7.24. The summed E-state index contributed by atoms with van der Waals surface area (Å²) in [7, 11) is 2.70. The number of alkyl halides is 3. The van der Waals surface area contributed by atoms with Crippen LogP contribution in [-0.2, 0) is 11.0 Å². The van der Waals surface area contributed by atoms with E-state index in [1.807, 2.05) is 12.1 Å². The Bertz CT molecular complexity index is 1280. The van der Waals surface area contributed by atoms with E-state index >= 15 is 0 Å². The Hall–Kier alpha value is -3.63. The SMILES string of the molecule is CO/N=C(\C)c1ccc(Oc2ccc(NC(=O)Nc3cc(C(F)(F)F)c(Cl)cc3OC)c(Cl)c2)cc1. The molecule has 0 radical (unpaired) electrons. The summed E-state index contributed by atoms with van der Waals surface area (Å²) in [6.45, 7) is 1.80. The quantitative estimate of drug-likeness (QED) is 0.236. The number of amides is 2. The zero-order chi connectivity index (χ0) is 26.5. The number of ether oxygens (including phenoxy) is 2. The number of nitrogens with one attached hydrogen (secondary N) is 2. The molecule has 0 bridgehead atoms. The van der Waals surface area contributed by atoms with Crippen LogP contribution in [0.2, 0.25) is 10.0 Å². The molecule has 0 saturated heterocycles. The van der Waals surface area contributed by atoms with Gasteiger partial charge < -0.3 is 24.9 Å². The zero-order valence-electron chi connectivity index (χ0n) is 19.2. The van der Waals surface area contributed by atoms with Crippen molar-refractivity contribution >= 4 is 46.3 Å². The molecule has 12 heteroatoms. The average Bonchev–Trinajstić information content (AvgIpc) is 2.81. The number of oxime groups is 1. The van der Waals surface area contributed by atoms with Gasteiger partial charge >= 0.3 is 12.2 Å². The lowest BCUT2D eigenvalue weighted by Gasteiger charge is -2.16. The van der Waals surface area contributed by atoms with E-state index < -0.39 is 22.8 Å². The number of nitrogens with zero attached hydrogens (tertiary/aromatic N) is 1. The Morgan fingerprint density at radius 1 is 0.889 bits per heavy atom. The van der Waals surface area contributed by atoms with E-state index in [0.717, 1.165) is 11.6 Å². The number of halogens is 5. The maximum atomic E-state index is 13.2. The van der Waals surface area contributed by atoms with Crippen LogP contribution in [0.15, 0.2) is 59.8 Å². The molecule has 0 fully saturated rings. The molecule has 2 N–H and O–H groups in total. The Balaban J connectivity index is 1.71. The van der Waals surface area contributed by atoms with Gasteiger partial charge in [-0.05, 0) is 55.0 Å². The predicted molar refractivity (Wildman–Crippen MR) is 133 cm³/mol.